The topological polar surface area (TPSA) is 87.0 Å². The zero-order chi connectivity index (χ0) is 19.9. The molecule has 0 rings (SSSR count). The number of rotatable bonds is 18. The molecular formula is C20H46NaO5P. The van der Waals surface area contributed by atoms with Gasteiger partial charge in [0, 0.05) is 13.2 Å². The second-order valence-corrected chi connectivity index (χ2v) is 8.10. The van der Waals surface area contributed by atoms with Crippen molar-refractivity contribution in [2.24, 2.45) is 0 Å². The van der Waals surface area contributed by atoms with Gasteiger partial charge in [0.1, 0.15) is 0 Å². The summed E-state index contributed by atoms with van der Waals surface area (Å²) in [5.74, 6) is 0. The van der Waals surface area contributed by atoms with Gasteiger partial charge in [-0.1, -0.05) is 104 Å². The fraction of sp³-hybridized carbons (Fsp3) is 1.00. The summed E-state index contributed by atoms with van der Waals surface area (Å²) in [5.41, 5.74) is 0. The van der Waals surface area contributed by atoms with Gasteiger partial charge in [0.05, 0.1) is 0 Å². The first-order valence-corrected chi connectivity index (χ1v) is 12.3. The summed E-state index contributed by atoms with van der Waals surface area (Å²) in [6.45, 7) is 6.55. The van der Waals surface area contributed by atoms with E-state index in [0.717, 1.165) is 13.2 Å². The van der Waals surface area contributed by atoms with E-state index in [2.05, 4.69) is 13.8 Å². The Hall–Kier alpha value is 1.07. The monoisotopic (exact) mass is 420 g/mol. The first-order chi connectivity index (χ1) is 12.4. The van der Waals surface area contributed by atoms with Gasteiger partial charge in [-0.05, 0) is 12.8 Å². The van der Waals surface area contributed by atoms with E-state index in [9.17, 15) is 0 Å². The van der Waals surface area contributed by atoms with Gasteiger partial charge in [-0.3, -0.25) is 0 Å². The Morgan fingerprint density at radius 2 is 0.778 bits per heavy atom. The van der Waals surface area contributed by atoms with Crippen molar-refractivity contribution in [2.75, 3.05) is 13.2 Å². The molecule has 5 nitrogen and oxygen atoms in total. The van der Waals surface area contributed by atoms with Crippen molar-refractivity contribution in [1.82, 2.24) is 0 Å². The minimum atomic E-state index is -4.64. The average Bonchev–Trinajstić information content (AvgIpc) is 2.56. The molecule has 0 aromatic rings. The maximum atomic E-state index is 8.88. The summed E-state index contributed by atoms with van der Waals surface area (Å²) in [6.07, 6.45) is 22.2. The molecule has 162 valence electrons. The van der Waals surface area contributed by atoms with Crippen LogP contribution in [-0.2, 0) is 9.30 Å². The van der Waals surface area contributed by atoms with E-state index in [4.69, 9.17) is 24.0 Å². The predicted octanol–water partition coefficient (Wildman–Crippen LogP) is 5.71. The molecule has 0 saturated heterocycles. The fourth-order valence-electron chi connectivity index (χ4n) is 2.78. The van der Waals surface area contributed by atoms with Crippen LogP contribution in [0, 0.1) is 0 Å². The summed E-state index contributed by atoms with van der Waals surface area (Å²) in [6, 6.07) is 0. The van der Waals surface area contributed by atoms with Crippen LogP contribution in [-0.4, -0.2) is 57.5 Å². The molecule has 0 aromatic carbocycles. The number of hydrogen-bond donors (Lipinski definition) is 3. The van der Waals surface area contributed by atoms with Gasteiger partial charge in [0.15, 0.2) is 0 Å². The Kier molecular flexibility index (Phi) is 32.8. The zero-order valence-electron chi connectivity index (χ0n) is 17.3. The molecule has 0 heterocycles. The van der Waals surface area contributed by atoms with E-state index in [0.29, 0.717) is 0 Å². The van der Waals surface area contributed by atoms with Crippen molar-refractivity contribution >= 4 is 37.4 Å². The zero-order valence-corrected chi connectivity index (χ0v) is 18.2. The van der Waals surface area contributed by atoms with Crippen LogP contribution in [0.15, 0.2) is 0 Å². The SMILES string of the molecule is CCCCCCCCCCOCCCCCCCCCC.O=P(O)(O)O.[NaH]. The van der Waals surface area contributed by atoms with Crippen molar-refractivity contribution in [2.45, 2.75) is 117 Å². The van der Waals surface area contributed by atoms with Gasteiger partial charge in [0.2, 0.25) is 0 Å². The third kappa shape index (κ3) is 46.8. The molecule has 7 heteroatoms. The molecule has 0 aliphatic rings. The van der Waals surface area contributed by atoms with Crippen molar-refractivity contribution < 1.29 is 24.0 Å². The molecule has 27 heavy (non-hydrogen) atoms. The van der Waals surface area contributed by atoms with Crippen molar-refractivity contribution in [3.8, 4) is 0 Å². The number of unbranched alkanes of at least 4 members (excludes halogenated alkanes) is 14. The molecule has 0 atom stereocenters. The minimum absolute atomic E-state index is 0. The molecule has 0 aliphatic carbocycles. The molecule has 0 saturated carbocycles. The molecule has 0 unspecified atom stereocenters. The van der Waals surface area contributed by atoms with E-state index in [1.54, 1.807) is 0 Å². The molecule has 3 N–H and O–H groups in total. The summed E-state index contributed by atoms with van der Waals surface area (Å²) in [5, 5.41) is 0. The Bertz CT molecular complexity index is 274. The van der Waals surface area contributed by atoms with Crippen molar-refractivity contribution in [3.63, 3.8) is 0 Å². The summed E-state index contributed by atoms with van der Waals surface area (Å²) >= 11 is 0. The van der Waals surface area contributed by atoms with Crippen LogP contribution in [0.5, 0.6) is 0 Å². The molecule has 0 spiro atoms. The van der Waals surface area contributed by atoms with E-state index < -0.39 is 7.82 Å². The first kappa shape index (κ1) is 32.7. The fourth-order valence-corrected chi connectivity index (χ4v) is 2.78. The Labute approximate surface area is 190 Å². The first-order valence-electron chi connectivity index (χ1n) is 10.8. The van der Waals surface area contributed by atoms with Crippen molar-refractivity contribution in [1.29, 1.82) is 0 Å². The van der Waals surface area contributed by atoms with Gasteiger partial charge in [-0.25, -0.2) is 4.57 Å². The molecule has 0 amide bonds. The van der Waals surface area contributed by atoms with Crippen LogP contribution in [0.2, 0.25) is 0 Å². The average molecular weight is 421 g/mol. The Balaban J connectivity index is -0.000000844. The van der Waals surface area contributed by atoms with E-state index in [-0.39, 0.29) is 29.6 Å². The Morgan fingerprint density at radius 3 is 1.04 bits per heavy atom. The second kappa shape index (κ2) is 27.1. The van der Waals surface area contributed by atoms with Gasteiger partial charge in [0.25, 0.3) is 0 Å². The normalized spacial score (nSPS) is 10.9. The number of phosphoric acid groups is 1. The molecule has 0 aliphatic heterocycles. The Morgan fingerprint density at radius 1 is 0.556 bits per heavy atom. The predicted molar refractivity (Wildman–Crippen MR) is 117 cm³/mol. The number of ether oxygens (including phenoxy) is 1. The van der Waals surface area contributed by atoms with Crippen LogP contribution in [0.1, 0.15) is 117 Å². The van der Waals surface area contributed by atoms with Crippen LogP contribution < -0.4 is 0 Å². The second-order valence-electron chi connectivity index (χ2n) is 7.08. The van der Waals surface area contributed by atoms with Crippen LogP contribution in [0.4, 0.5) is 0 Å². The standard InChI is InChI=1S/C20H42O.Na.H3O4P.H/c1-3-5-7-9-11-13-15-17-19-21-20-18-16-14-12-10-8-6-4-2;;1-5(2,3)4;/h3-20H2,1-2H3;;(H3,1,2,3,4);. The number of hydrogen-bond acceptors (Lipinski definition) is 2. The summed E-state index contributed by atoms with van der Waals surface area (Å²) < 4.78 is 14.6. The van der Waals surface area contributed by atoms with Crippen LogP contribution in [0.25, 0.3) is 0 Å². The third-order valence-corrected chi connectivity index (χ3v) is 4.28. The van der Waals surface area contributed by atoms with Gasteiger partial charge >= 0.3 is 37.4 Å². The van der Waals surface area contributed by atoms with Gasteiger partial charge < -0.3 is 19.4 Å². The van der Waals surface area contributed by atoms with E-state index >= 15 is 0 Å². The molecule has 0 fully saturated rings. The maximum absolute atomic E-state index is 8.88. The molecule has 0 bridgehead atoms. The molecule has 0 radical (unpaired) electrons. The molecular weight excluding hydrogens is 374 g/mol. The van der Waals surface area contributed by atoms with Gasteiger partial charge in [-0.2, -0.15) is 0 Å². The summed E-state index contributed by atoms with van der Waals surface area (Å²) in [7, 11) is -4.64. The summed E-state index contributed by atoms with van der Waals surface area (Å²) in [4.78, 5) is 21.6. The third-order valence-electron chi connectivity index (χ3n) is 4.28. The van der Waals surface area contributed by atoms with Crippen molar-refractivity contribution in [3.05, 3.63) is 0 Å². The molecule has 0 aromatic heterocycles. The van der Waals surface area contributed by atoms with E-state index in [1.165, 1.54) is 103 Å². The van der Waals surface area contributed by atoms with Crippen LogP contribution in [0.3, 0.4) is 0 Å². The van der Waals surface area contributed by atoms with Crippen LogP contribution >= 0.6 is 7.82 Å². The van der Waals surface area contributed by atoms with E-state index in [1.807, 2.05) is 0 Å². The van der Waals surface area contributed by atoms with Gasteiger partial charge in [-0.15, -0.1) is 0 Å². The quantitative estimate of drug-likeness (QED) is 0.150.